The topological polar surface area (TPSA) is 33.9 Å². The second kappa shape index (κ2) is 10.5. The largest absolute Gasteiger partial charge is 0.494 e. The summed E-state index contributed by atoms with van der Waals surface area (Å²) in [6.45, 7) is 6.39. The maximum absolute atomic E-state index is 11.2. The van der Waals surface area contributed by atoms with Gasteiger partial charge in [0.1, 0.15) is 5.75 Å². The molecule has 0 aromatic heterocycles. The Morgan fingerprint density at radius 1 is 0.926 bits per heavy atom. The maximum Gasteiger partial charge on any atom is 0.119 e. The number of aliphatic hydroxyl groups excluding tert-OH is 1. The Balaban J connectivity index is 1.68. The van der Waals surface area contributed by atoms with Gasteiger partial charge in [0.05, 0.1) is 38.3 Å². The first-order valence-electron chi connectivity index (χ1n) is 10.6. The molecule has 1 saturated heterocycles. The van der Waals surface area contributed by atoms with Crippen molar-refractivity contribution in [3.63, 3.8) is 0 Å². The van der Waals surface area contributed by atoms with Crippen molar-refractivity contribution in [2.24, 2.45) is 0 Å². The van der Waals surface area contributed by atoms with Crippen LogP contribution in [0.4, 0.5) is 0 Å². The molecule has 0 spiro atoms. The van der Waals surface area contributed by atoms with Gasteiger partial charge in [-0.25, -0.2) is 0 Å². The fraction of sp³-hybridized carbons (Fsp3) is 0.500. The summed E-state index contributed by atoms with van der Waals surface area (Å²) in [5, 5.41) is 11.2. The molecule has 2 aromatic carbocycles. The Bertz CT molecular complexity index is 650. The van der Waals surface area contributed by atoms with Crippen molar-refractivity contribution in [1.82, 2.24) is 0 Å². The van der Waals surface area contributed by atoms with Gasteiger partial charge in [-0.15, -0.1) is 0 Å². The summed E-state index contributed by atoms with van der Waals surface area (Å²) in [4.78, 5) is 1.61. The summed E-state index contributed by atoms with van der Waals surface area (Å²) in [7, 11) is 0. The van der Waals surface area contributed by atoms with Gasteiger partial charge in [-0.05, 0) is 29.7 Å². The van der Waals surface area contributed by atoms with Crippen LogP contribution in [0.25, 0.3) is 0 Å². The molecule has 3 heteroatoms. The van der Waals surface area contributed by atoms with Gasteiger partial charge >= 0.3 is 0 Å². The normalized spacial score (nSPS) is 17.0. The molecule has 0 aliphatic carbocycles. The first-order chi connectivity index (χ1) is 13.3. The molecule has 1 heterocycles. The first kappa shape index (κ1) is 19.9. The summed E-state index contributed by atoms with van der Waals surface area (Å²) >= 11 is 0. The van der Waals surface area contributed by atoms with E-state index in [-0.39, 0.29) is 5.92 Å². The first-order valence-corrected chi connectivity index (χ1v) is 10.6. The molecule has 0 unspecified atom stereocenters. The molecule has 1 aliphatic rings. The van der Waals surface area contributed by atoms with Crippen molar-refractivity contribution >= 4 is 0 Å². The molecule has 2 atom stereocenters. The average molecular weight is 369 g/mol. The molecule has 27 heavy (non-hydrogen) atoms. The fourth-order valence-corrected chi connectivity index (χ4v) is 4.04. The van der Waals surface area contributed by atoms with Gasteiger partial charge in [-0.1, -0.05) is 62.2 Å². The van der Waals surface area contributed by atoms with Crippen LogP contribution in [0.3, 0.4) is 0 Å². The molecule has 3 nitrogen and oxygen atoms in total. The van der Waals surface area contributed by atoms with E-state index in [4.69, 9.17) is 4.74 Å². The molecule has 0 saturated carbocycles. The number of unbranched alkanes of at least 4 members (excludes halogenated alkanes) is 2. The molecule has 2 aromatic rings. The lowest BCUT2D eigenvalue weighted by Crippen LogP contribution is -3.10. The standard InChI is InChI=1S/C24H33NO2/c1-2-3-9-18-27-22-14-12-21(13-15-22)24(26)23(19-25-16-7-8-17-25)20-10-5-4-6-11-20/h4-6,10-15,23-24,26H,2-3,7-9,16-19H2,1H3/p+1/t23-,24-/m0/s1. The van der Waals surface area contributed by atoms with Crippen molar-refractivity contribution in [3.8, 4) is 5.75 Å². The van der Waals surface area contributed by atoms with Gasteiger partial charge in [-0.2, -0.15) is 0 Å². The van der Waals surface area contributed by atoms with Crippen LogP contribution in [0.5, 0.6) is 5.75 Å². The second-order valence-electron chi connectivity index (χ2n) is 7.75. The van der Waals surface area contributed by atoms with E-state index in [0.717, 1.165) is 30.9 Å². The van der Waals surface area contributed by atoms with E-state index >= 15 is 0 Å². The average Bonchev–Trinajstić information content (AvgIpc) is 3.23. The number of rotatable bonds is 10. The zero-order valence-electron chi connectivity index (χ0n) is 16.6. The SMILES string of the molecule is CCCCCOc1ccc([C@H](O)[C@@H](C[NH+]2CCCC2)c2ccccc2)cc1. The van der Waals surface area contributed by atoms with Gasteiger partial charge in [-0.3, -0.25) is 0 Å². The highest BCUT2D eigenvalue weighted by molar-refractivity contribution is 5.31. The van der Waals surface area contributed by atoms with Crippen LogP contribution in [-0.2, 0) is 0 Å². The Morgan fingerprint density at radius 3 is 2.30 bits per heavy atom. The highest BCUT2D eigenvalue weighted by Crippen LogP contribution is 2.31. The quantitative estimate of drug-likeness (QED) is 0.626. The summed E-state index contributed by atoms with van der Waals surface area (Å²) in [6.07, 6.45) is 5.61. The monoisotopic (exact) mass is 368 g/mol. The number of likely N-dealkylation sites (tertiary alicyclic amines) is 1. The van der Waals surface area contributed by atoms with E-state index in [0.29, 0.717) is 0 Å². The lowest BCUT2D eigenvalue weighted by atomic mass is 9.88. The molecule has 0 radical (unpaired) electrons. The lowest BCUT2D eigenvalue weighted by Gasteiger charge is -2.26. The minimum Gasteiger partial charge on any atom is -0.494 e. The number of quaternary nitrogens is 1. The third-order valence-corrected chi connectivity index (χ3v) is 5.67. The van der Waals surface area contributed by atoms with Crippen LogP contribution >= 0.6 is 0 Å². The number of ether oxygens (including phenoxy) is 1. The third-order valence-electron chi connectivity index (χ3n) is 5.67. The van der Waals surface area contributed by atoms with Crippen LogP contribution in [-0.4, -0.2) is 31.3 Å². The van der Waals surface area contributed by atoms with Gasteiger partial charge in [0, 0.05) is 12.8 Å². The molecule has 1 aliphatic heterocycles. The number of nitrogens with one attached hydrogen (secondary N) is 1. The van der Waals surface area contributed by atoms with Gasteiger partial charge in [0.25, 0.3) is 0 Å². The van der Waals surface area contributed by atoms with Crippen molar-refractivity contribution in [3.05, 3.63) is 65.7 Å². The zero-order chi connectivity index (χ0) is 18.9. The Kier molecular flexibility index (Phi) is 7.73. The van der Waals surface area contributed by atoms with Crippen molar-refractivity contribution in [2.75, 3.05) is 26.2 Å². The Morgan fingerprint density at radius 2 is 1.63 bits per heavy atom. The summed E-state index contributed by atoms with van der Waals surface area (Å²) < 4.78 is 5.81. The highest BCUT2D eigenvalue weighted by atomic mass is 16.5. The van der Waals surface area contributed by atoms with E-state index in [2.05, 4.69) is 31.2 Å². The second-order valence-corrected chi connectivity index (χ2v) is 7.75. The zero-order valence-corrected chi connectivity index (χ0v) is 16.6. The number of benzene rings is 2. The van der Waals surface area contributed by atoms with E-state index in [1.165, 1.54) is 44.3 Å². The fourth-order valence-electron chi connectivity index (χ4n) is 4.04. The minimum absolute atomic E-state index is 0.121. The summed E-state index contributed by atoms with van der Waals surface area (Å²) in [6, 6.07) is 18.5. The Labute approximate surface area is 164 Å². The minimum atomic E-state index is -0.491. The van der Waals surface area contributed by atoms with Gasteiger partial charge in [0.2, 0.25) is 0 Å². The predicted molar refractivity (Wildman–Crippen MR) is 110 cm³/mol. The van der Waals surface area contributed by atoms with Gasteiger partial charge < -0.3 is 14.7 Å². The molecular formula is C24H34NO2+. The number of hydrogen-bond donors (Lipinski definition) is 2. The predicted octanol–water partition coefficient (Wildman–Crippen LogP) is 3.75. The maximum atomic E-state index is 11.2. The number of aliphatic hydroxyl groups is 1. The van der Waals surface area contributed by atoms with Crippen molar-refractivity contribution in [1.29, 1.82) is 0 Å². The van der Waals surface area contributed by atoms with Crippen LogP contribution in [0, 0.1) is 0 Å². The molecule has 3 rings (SSSR count). The van der Waals surface area contributed by atoms with Crippen molar-refractivity contribution in [2.45, 2.75) is 51.0 Å². The van der Waals surface area contributed by atoms with Crippen LogP contribution in [0.15, 0.2) is 54.6 Å². The van der Waals surface area contributed by atoms with Crippen LogP contribution in [0.2, 0.25) is 0 Å². The van der Waals surface area contributed by atoms with Gasteiger partial charge in [0.15, 0.2) is 0 Å². The molecule has 0 bridgehead atoms. The van der Waals surface area contributed by atoms with E-state index in [1.807, 2.05) is 30.3 Å². The van der Waals surface area contributed by atoms with E-state index in [9.17, 15) is 5.11 Å². The Hall–Kier alpha value is -1.84. The summed E-state index contributed by atoms with van der Waals surface area (Å²) in [5.74, 6) is 1.01. The summed E-state index contributed by atoms with van der Waals surface area (Å²) in [5.41, 5.74) is 2.20. The third kappa shape index (κ3) is 5.82. The van der Waals surface area contributed by atoms with Crippen molar-refractivity contribution < 1.29 is 14.7 Å². The van der Waals surface area contributed by atoms with Crippen LogP contribution < -0.4 is 9.64 Å². The molecular weight excluding hydrogens is 334 g/mol. The molecule has 0 amide bonds. The molecule has 146 valence electrons. The molecule has 2 N–H and O–H groups in total. The molecule has 1 fully saturated rings. The smallest absolute Gasteiger partial charge is 0.119 e. The van der Waals surface area contributed by atoms with E-state index in [1.54, 1.807) is 4.90 Å². The number of hydrogen-bond acceptors (Lipinski definition) is 2. The lowest BCUT2D eigenvalue weighted by molar-refractivity contribution is -0.889. The highest BCUT2D eigenvalue weighted by Gasteiger charge is 2.28. The van der Waals surface area contributed by atoms with E-state index < -0.39 is 6.10 Å². The van der Waals surface area contributed by atoms with Crippen LogP contribution in [0.1, 0.15) is 62.2 Å².